The van der Waals surface area contributed by atoms with Crippen LogP contribution in [0.2, 0.25) is 0 Å². The molecule has 0 radical (unpaired) electrons. The Bertz CT molecular complexity index is 2820. The zero-order chi connectivity index (χ0) is 53.9. The molecule has 404 valence electrons. The maximum absolute atomic E-state index is 14.1. The van der Waals surface area contributed by atoms with Gasteiger partial charge in [-0.15, -0.1) is 11.3 Å². The molecule has 3 aliphatic rings. The molecule has 1 saturated heterocycles. The second-order valence-corrected chi connectivity index (χ2v) is 21.4. The summed E-state index contributed by atoms with van der Waals surface area (Å²) in [6, 6.07) is 20.6. The van der Waals surface area contributed by atoms with E-state index in [-0.39, 0.29) is 81.5 Å². The molecule has 1 saturated carbocycles. The van der Waals surface area contributed by atoms with E-state index >= 15 is 0 Å². The van der Waals surface area contributed by atoms with E-state index in [0.717, 1.165) is 53.1 Å². The third-order valence-corrected chi connectivity index (χ3v) is 14.9. The monoisotopic (exact) mass is 1060 g/mol. The van der Waals surface area contributed by atoms with Gasteiger partial charge in [-0.1, -0.05) is 70.0 Å². The van der Waals surface area contributed by atoms with Gasteiger partial charge in [0.05, 0.1) is 85.3 Å². The molecule has 4 heterocycles. The maximum Gasteiger partial charge on any atom is 0.260 e. The lowest BCUT2D eigenvalue weighted by Crippen LogP contribution is -2.58. The number of benzene rings is 3. The van der Waals surface area contributed by atoms with Crippen molar-refractivity contribution in [1.82, 2.24) is 35.8 Å². The number of nitrogens with zero attached hydrogens (tertiary/aromatic N) is 6. The topological polar surface area (TPSA) is 230 Å². The number of hydrogen-bond donors (Lipinski definition) is 5. The van der Waals surface area contributed by atoms with Crippen LogP contribution < -0.4 is 31.1 Å². The first-order chi connectivity index (χ1) is 36.6. The molecule has 3 aromatic carbocycles. The van der Waals surface area contributed by atoms with Gasteiger partial charge in [-0.25, -0.2) is 9.97 Å². The first-order valence-corrected chi connectivity index (χ1v) is 27.0. The number of carbonyl (C=O) groups excluding carboxylic acids is 5. The lowest BCUT2D eigenvalue weighted by Gasteiger charge is -2.35. The lowest BCUT2D eigenvalue weighted by molar-refractivity contribution is -0.144. The van der Waals surface area contributed by atoms with Crippen molar-refractivity contribution in [3.8, 4) is 10.4 Å². The van der Waals surface area contributed by atoms with Gasteiger partial charge in [-0.2, -0.15) is 4.98 Å². The highest BCUT2D eigenvalue weighted by atomic mass is 32.1. The summed E-state index contributed by atoms with van der Waals surface area (Å²) in [7, 11) is 1.75. The first-order valence-electron chi connectivity index (χ1n) is 26.1. The maximum atomic E-state index is 14.1. The number of ether oxygens (including phenoxy) is 3. The summed E-state index contributed by atoms with van der Waals surface area (Å²) in [5, 5.41) is 22.6. The zero-order valence-corrected chi connectivity index (χ0v) is 45.0. The lowest BCUT2D eigenvalue weighted by atomic mass is 9.85. The molecular weight excluding hydrogens is 989 g/mol. The quantitative estimate of drug-likeness (QED) is 0.0446. The molecule has 0 bridgehead atoms. The number of carbonyl (C=O) groups is 5. The minimum atomic E-state index is -0.952. The van der Waals surface area contributed by atoms with E-state index in [1.807, 2.05) is 88.7 Å². The van der Waals surface area contributed by atoms with E-state index in [1.54, 1.807) is 53.7 Å². The number of aromatic nitrogens is 3. The van der Waals surface area contributed by atoms with Crippen molar-refractivity contribution in [3.63, 3.8) is 0 Å². The van der Waals surface area contributed by atoms with Gasteiger partial charge in [-0.3, -0.25) is 24.0 Å². The summed E-state index contributed by atoms with van der Waals surface area (Å²) in [4.78, 5) is 87.4. The molecule has 76 heavy (non-hydrogen) atoms. The molecule has 0 spiro atoms. The van der Waals surface area contributed by atoms with Crippen molar-refractivity contribution < 1.29 is 43.3 Å². The Hall–Kier alpha value is -6.84. The normalized spacial score (nSPS) is 17.4. The number of aliphatic hydroxyl groups excluding tert-OH is 1. The molecule has 0 unspecified atom stereocenters. The molecule has 5 N–H and O–H groups in total. The second-order valence-electron chi connectivity index (χ2n) is 20.5. The Labute approximate surface area is 448 Å². The van der Waals surface area contributed by atoms with E-state index in [0.29, 0.717) is 54.0 Å². The highest BCUT2D eigenvalue weighted by Gasteiger charge is 2.45. The average molecular weight is 1060 g/mol. The van der Waals surface area contributed by atoms with Crippen molar-refractivity contribution in [2.75, 3.05) is 74.9 Å². The highest BCUT2D eigenvalue weighted by Crippen LogP contribution is 2.43. The van der Waals surface area contributed by atoms with Gasteiger partial charge < -0.3 is 55.3 Å². The molecule has 1 aliphatic carbocycles. The van der Waals surface area contributed by atoms with Crippen LogP contribution in [0.3, 0.4) is 0 Å². The molecule has 8 rings (SSSR count). The number of nitrogens with one attached hydrogen (secondary N) is 4. The van der Waals surface area contributed by atoms with Gasteiger partial charge in [0, 0.05) is 50.3 Å². The third kappa shape index (κ3) is 13.6. The number of aryl methyl sites for hydroxylation is 1. The fourth-order valence-electron chi connectivity index (χ4n) is 9.77. The van der Waals surface area contributed by atoms with Gasteiger partial charge in [0.25, 0.3) is 11.8 Å². The molecule has 20 heteroatoms. The van der Waals surface area contributed by atoms with E-state index in [2.05, 4.69) is 36.1 Å². The van der Waals surface area contributed by atoms with Crippen LogP contribution in [0, 0.1) is 12.3 Å². The highest BCUT2D eigenvalue weighted by molar-refractivity contribution is 7.13. The number of aliphatic hydroxyl groups is 1. The van der Waals surface area contributed by atoms with Gasteiger partial charge in [0.2, 0.25) is 23.7 Å². The summed E-state index contributed by atoms with van der Waals surface area (Å²) in [6.45, 7) is 11.2. The summed E-state index contributed by atoms with van der Waals surface area (Å²) in [6.07, 6.45) is 5.14. The van der Waals surface area contributed by atoms with Crippen LogP contribution in [0.5, 0.6) is 0 Å². The molecule has 5 aromatic rings. The fourth-order valence-corrected chi connectivity index (χ4v) is 10.6. The number of likely N-dealkylation sites (tertiary alicyclic amines) is 1. The minimum absolute atomic E-state index is 0.00365. The summed E-state index contributed by atoms with van der Waals surface area (Å²) < 4.78 is 16.9. The average Bonchev–Trinajstić information content (AvgIpc) is 4.23. The van der Waals surface area contributed by atoms with Crippen LogP contribution in [0.25, 0.3) is 10.4 Å². The number of fused-ring (bicyclic) bond motifs is 2. The molecule has 4 atom stereocenters. The Kier molecular flexibility index (Phi) is 18.5. The van der Waals surface area contributed by atoms with Crippen molar-refractivity contribution in [1.29, 1.82) is 0 Å². The molecule has 2 aromatic heterocycles. The summed E-state index contributed by atoms with van der Waals surface area (Å²) in [5.41, 5.74) is 7.31. The number of β-amino-alcohol motifs (C(OH)–C–C–N with tert-alkyl or cyclic N) is 1. The number of anilines is 5. The number of hydrogen-bond acceptors (Lipinski definition) is 15. The zero-order valence-electron chi connectivity index (χ0n) is 44.2. The van der Waals surface area contributed by atoms with Crippen LogP contribution in [0.1, 0.15) is 104 Å². The number of para-hydroxylation sites is 1. The van der Waals surface area contributed by atoms with Crippen molar-refractivity contribution in [2.24, 2.45) is 5.41 Å². The predicted molar refractivity (Wildman–Crippen MR) is 291 cm³/mol. The fraction of sp³-hybridized carbons (Fsp3) is 0.464. The van der Waals surface area contributed by atoms with Crippen LogP contribution >= 0.6 is 11.3 Å². The predicted octanol–water partition coefficient (Wildman–Crippen LogP) is 6.86. The van der Waals surface area contributed by atoms with Crippen LogP contribution in [-0.4, -0.2) is 139 Å². The molecular formula is C56H70N10O9S. The van der Waals surface area contributed by atoms with Crippen molar-refractivity contribution in [2.45, 2.75) is 103 Å². The van der Waals surface area contributed by atoms with Gasteiger partial charge in [0.1, 0.15) is 17.8 Å². The Morgan fingerprint density at radius 3 is 2.22 bits per heavy atom. The van der Waals surface area contributed by atoms with Crippen molar-refractivity contribution in [3.05, 3.63) is 107 Å². The number of rotatable bonds is 22. The van der Waals surface area contributed by atoms with Crippen LogP contribution in [-0.2, 0) is 28.6 Å². The van der Waals surface area contributed by atoms with Crippen LogP contribution in [0.15, 0.2) is 84.5 Å². The second kappa shape index (κ2) is 25.3. The van der Waals surface area contributed by atoms with Gasteiger partial charge in [-0.05, 0) is 79.6 Å². The van der Waals surface area contributed by atoms with Gasteiger partial charge >= 0.3 is 0 Å². The summed E-state index contributed by atoms with van der Waals surface area (Å²) >= 11 is 1.57. The van der Waals surface area contributed by atoms with E-state index in [1.165, 1.54) is 4.90 Å². The Morgan fingerprint density at radius 1 is 0.855 bits per heavy atom. The van der Waals surface area contributed by atoms with Crippen LogP contribution in [0.4, 0.5) is 28.8 Å². The number of thiazole rings is 1. The smallest absolute Gasteiger partial charge is 0.260 e. The molecule has 5 amide bonds. The first kappa shape index (κ1) is 55.4. The standard InChI is InChI=1S/C56H70N10O9S/c1-35(37-15-17-38(18-16-37)48-36(2)59-34-76-48)60-52(70)45-31-42(67)33-65(45)54(72)49(56(3,4)5)62-47(68)23-25-73-27-29-75-30-28-74-26-24-57-51(69)39-19-21-40(22-20-39)61-55-58-32-46-50(63-55)66(41-11-7-8-12-41)44-14-10-9-13-43(44)53(71)64(46)6/h9-10,13-22,32,34-35,41-42,45,49,67H,7-8,11-12,23-31,33H2,1-6H3,(H,57,69)(H,60,70)(H,62,68)(H,58,61,63)/t35-,42+,45-,49+/m0/s1. The van der Waals surface area contributed by atoms with E-state index < -0.39 is 29.5 Å². The van der Waals surface area contributed by atoms with E-state index in [9.17, 15) is 29.1 Å². The number of amides is 5. The van der Waals surface area contributed by atoms with Gasteiger partial charge in [0.15, 0.2) is 5.82 Å². The molecule has 2 aliphatic heterocycles. The third-order valence-electron chi connectivity index (χ3n) is 13.9. The largest absolute Gasteiger partial charge is 0.391 e. The minimum Gasteiger partial charge on any atom is -0.391 e. The molecule has 2 fully saturated rings. The Balaban J connectivity index is 0.698. The van der Waals surface area contributed by atoms with Crippen molar-refractivity contribution >= 4 is 69.7 Å². The Morgan fingerprint density at radius 2 is 1.54 bits per heavy atom. The molecule has 19 nitrogen and oxygen atoms in total. The SMILES string of the molecule is Cc1ncsc1-c1ccc([C@H](C)NC(=O)[C@@H]2C[C@@H](O)CN2C(=O)[C@@H](NC(=O)CCOCCOCCOCCNC(=O)c2ccc(Nc3ncc4c(n3)N(C3CCCC3)c3ccccc3C(=O)N4C)cc2)C(C)(C)C)cc1. The van der Waals surface area contributed by atoms with E-state index in [4.69, 9.17) is 19.2 Å². The summed E-state index contributed by atoms with van der Waals surface area (Å²) in [5.74, 6) is -0.491.